The average molecular weight is 184 g/mol. The van der Waals surface area contributed by atoms with E-state index in [4.69, 9.17) is 0 Å². The summed E-state index contributed by atoms with van der Waals surface area (Å²) in [6.45, 7) is 6.26. The monoisotopic (exact) mass is 184 g/mol. The summed E-state index contributed by atoms with van der Waals surface area (Å²) in [7, 11) is 0. The maximum atomic E-state index is 3.57. The number of rotatable bonds is 4. The summed E-state index contributed by atoms with van der Waals surface area (Å²) in [6.07, 6.45) is 7.01. The molecule has 4 nitrogen and oxygen atoms in total. The van der Waals surface area contributed by atoms with Crippen LogP contribution in [0.25, 0.3) is 0 Å². The van der Waals surface area contributed by atoms with E-state index in [0.29, 0.717) is 5.82 Å². The van der Waals surface area contributed by atoms with Gasteiger partial charge in [-0.15, -0.1) is 10.2 Å². The number of aromatic nitrogens is 4. The minimum Gasteiger partial charge on any atom is -0.177 e. The molecule has 0 aliphatic heterocycles. The van der Waals surface area contributed by atoms with Crippen molar-refractivity contribution in [3.63, 3.8) is 0 Å². The molecule has 0 saturated carbocycles. The van der Waals surface area contributed by atoms with Gasteiger partial charge in [0.1, 0.15) is 0 Å². The van der Waals surface area contributed by atoms with E-state index in [1.807, 2.05) is 0 Å². The van der Waals surface area contributed by atoms with Gasteiger partial charge in [-0.3, -0.25) is 0 Å². The number of nitrogens with zero attached hydrogens (tertiary/aromatic N) is 3. The van der Waals surface area contributed by atoms with Crippen molar-refractivity contribution in [1.82, 2.24) is 20.6 Å². The molecule has 0 unspecified atom stereocenters. The first-order chi connectivity index (χ1) is 6.31. The van der Waals surface area contributed by atoms with Gasteiger partial charge in [-0.2, -0.15) is 5.21 Å². The Balaban J connectivity index is 0.000000223. The number of hydrogen-bond acceptors (Lipinski definition) is 3. The minimum absolute atomic E-state index is 0.676. The Morgan fingerprint density at radius 1 is 1.08 bits per heavy atom. The van der Waals surface area contributed by atoms with E-state index in [9.17, 15) is 0 Å². The predicted molar refractivity (Wildman–Crippen MR) is 53.3 cm³/mol. The van der Waals surface area contributed by atoms with Crippen molar-refractivity contribution in [2.45, 2.75) is 52.9 Å². The van der Waals surface area contributed by atoms with Gasteiger partial charge in [0.2, 0.25) is 0 Å². The molecule has 1 aromatic rings. The molecule has 1 heterocycles. The first kappa shape index (κ1) is 12.1. The molecule has 4 heteroatoms. The molecule has 1 N–H and O–H groups in total. The van der Waals surface area contributed by atoms with Crippen LogP contribution >= 0.6 is 0 Å². The summed E-state index contributed by atoms with van der Waals surface area (Å²) >= 11 is 0. The third-order valence-electron chi connectivity index (χ3n) is 1.66. The van der Waals surface area contributed by atoms with E-state index in [1.54, 1.807) is 6.92 Å². The van der Waals surface area contributed by atoms with Gasteiger partial charge in [-0.25, -0.2) is 0 Å². The SMILES string of the molecule is CCCCCCC.Cc1nn[nH]n1. The lowest BCUT2D eigenvalue weighted by atomic mass is 10.2. The fraction of sp³-hybridized carbons (Fsp3) is 0.889. The van der Waals surface area contributed by atoms with Crippen LogP contribution in [0.2, 0.25) is 0 Å². The Kier molecular flexibility index (Phi) is 8.51. The number of H-pyrrole nitrogens is 1. The molecule has 1 rings (SSSR count). The number of unbranched alkanes of at least 4 members (excludes halogenated alkanes) is 4. The van der Waals surface area contributed by atoms with Crippen LogP contribution in [0.5, 0.6) is 0 Å². The van der Waals surface area contributed by atoms with Gasteiger partial charge in [-0.05, 0) is 6.92 Å². The highest BCUT2D eigenvalue weighted by atomic mass is 15.5. The smallest absolute Gasteiger partial charge is 0.171 e. The molecule has 0 radical (unpaired) electrons. The van der Waals surface area contributed by atoms with E-state index in [1.165, 1.54) is 32.1 Å². The molecule has 0 aliphatic rings. The Hall–Kier alpha value is -0.930. The molecular formula is C9H20N4. The normalized spacial score (nSPS) is 9.15. The highest BCUT2D eigenvalue weighted by Gasteiger charge is 1.80. The van der Waals surface area contributed by atoms with Gasteiger partial charge in [0.15, 0.2) is 5.82 Å². The summed E-state index contributed by atoms with van der Waals surface area (Å²) in [5.74, 6) is 0.676. The third kappa shape index (κ3) is 8.98. The first-order valence-electron chi connectivity index (χ1n) is 5.01. The Morgan fingerprint density at radius 2 is 1.69 bits per heavy atom. The molecule has 76 valence electrons. The van der Waals surface area contributed by atoms with Crippen LogP contribution in [-0.4, -0.2) is 20.6 Å². The molecule has 0 aliphatic carbocycles. The maximum absolute atomic E-state index is 3.57. The van der Waals surface area contributed by atoms with Crippen LogP contribution in [0.15, 0.2) is 0 Å². The van der Waals surface area contributed by atoms with Crippen LogP contribution in [0.1, 0.15) is 51.8 Å². The van der Waals surface area contributed by atoms with Crippen LogP contribution in [-0.2, 0) is 0 Å². The van der Waals surface area contributed by atoms with Crippen molar-refractivity contribution in [3.05, 3.63) is 5.82 Å². The maximum Gasteiger partial charge on any atom is 0.171 e. The highest BCUT2D eigenvalue weighted by Crippen LogP contribution is 2.00. The fourth-order valence-corrected chi connectivity index (χ4v) is 0.889. The van der Waals surface area contributed by atoms with Crippen molar-refractivity contribution in [2.75, 3.05) is 0 Å². The van der Waals surface area contributed by atoms with Crippen molar-refractivity contribution >= 4 is 0 Å². The van der Waals surface area contributed by atoms with E-state index >= 15 is 0 Å². The molecule has 0 spiro atoms. The lowest BCUT2D eigenvalue weighted by molar-refractivity contribution is 0.656. The Bertz CT molecular complexity index is 168. The van der Waals surface area contributed by atoms with Crippen LogP contribution in [0.4, 0.5) is 0 Å². The van der Waals surface area contributed by atoms with Crippen molar-refractivity contribution in [3.8, 4) is 0 Å². The molecular weight excluding hydrogens is 164 g/mol. The molecule has 1 aromatic heterocycles. The second-order valence-corrected chi connectivity index (χ2v) is 3.02. The van der Waals surface area contributed by atoms with Gasteiger partial charge < -0.3 is 0 Å². The number of nitrogens with one attached hydrogen (secondary N) is 1. The number of aryl methyl sites for hydroxylation is 1. The van der Waals surface area contributed by atoms with Gasteiger partial charge in [0.05, 0.1) is 0 Å². The van der Waals surface area contributed by atoms with E-state index < -0.39 is 0 Å². The summed E-state index contributed by atoms with van der Waals surface area (Å²) in [5, 5.41) is 12.7. The molecule has 0 bridgehead atoms. The zero-order chi connectivity index (χ0) is 9.94. The standard InChI is InChI=1S/C7H16.C2H4N4/c1-3-5-7-6-4-2;1-2-3-5-6-4-2/h3-7H2,1-2H3;1H3,(H,3,4,5,6). The summed E-state index contributed by atoms with van der Waals surface area (Å²) < 4.78 is 0. The zero-order valence-corrected chi connectivity index (χ0v) is 8.88. The zero-order valence-electron chi connectivity index (χ0n) is 8.88. The van der Waals surface area contributed by atoms with E-state index in [2.05, 4.69) is 34.5 Å². The Morgan fingerprint density at radius 3 is 1.92 bits per heavy atom. The van der Waals surface area contributed by atoms with Crippen molar-refractivity contribution < 1.29 is 0 Å². The quantitative estimate of drug-likeness (QED) is 0.731. The van der Waals surface area contributed by atoms with Gasteiger partial charge in [0.25, 0.3) is 0 Å². The fourth-order valence-electron chi connectivity index (χ4n) is 0.889. The predicted octanol–water partition coefficient (Wildman–Crippen LogP) is 2.48. The second-order valence-electron chi connectivity index (χ2n) is 3.02. The largest absolute Gasteiger partial charge is 0.177 e. The summed E-state index contributed by atoms with van der Waals surface area (Å²) in [4.78, 5) is 0. The Labute approximate surface area is 80.1 Å². The number of tetrazole rings is 1. The van der Waals surface area contributed by atoms with Crippen molar-refractivity contribution in [1.29, 1.82) is 0 Å². The van der Waals surface area contributed by atoms with Gasteiger partial charge in [0, 0.05) is 0 Å². The average Bonchev–Trinajstić information content (AvgIpc) is 2.58. The molecule has 0 fully saturated rings. The first-order valence-corrected chi connectivity index (χ1v) is 5.01. The van der Waals surface area contributed by atoms with Gasteiger partial charge in [-0.1, -0.05) is 51.2 Å². The summed E-state index contributed by atoms with van der Waals surface area (Å²) in [5.41, 5.74) is 0. The molecule has 0 atom stereocenters. The van der Waals surface area contributed by atoms with Crippen molar-refractivity contribution in [2.24, 2.45) is 0 Å². The van der Waals surface area contributed by atoms with E-state index in [0.717, 1.165) is 0 Å². The summed E-state index contributed by atoms with van der Waals surface area (Å²) in [6, 6.07) is 0. The van der Waals surface area contributed by atoms with E-state index in [-0.39, 0.29) is 0 Å². The molecule has 0 aromatic carbocycles. The minimum atomic E-state index is 0.676. The second kappa shape index (κ2) is 9.16. The lowest BCUT2D eigenvalue weighted by Crippen LogP contribution is -1.70. The topological polar surface area (TPSA) is 54.5 Å². The van der Waals surface area contributed by atoms with Crippen LogP contribution < -0.4 is 0 Å². The molecule has 13 heavy (non-hydrogen) atoms. The molecule has 0 amide bonds. The third-order valence-corrected chi connectivity index (χ3v) is 1.66. The lowest BCUT2D eigenvalue weighted by Gasteiger charge is -1.90. The number of aromatic amines is 1. The van der Waals surface area contributed by atoms with Crippen LogP contribution in [0, 0.1) is 6.92 Å². The van der Waals surface area contributed by atoms with Crippen LogP contribution in [0.3, 0.4) is 0 Å². The molecule has 0 saturated heterocycles. The van der Waals surface area contributed by atoms with Gasteiger partial charge >= 0.3 is 0 Å². The number of hydrogen-bond donors (Lipinski definition) is 1. The highest BCUT2D eigenvalue weighted by molar-refractivity contribution is 4.63.